The van der Waals surface area contributed by atoms with Gasteiger partial charge in [0.1, 0.15) is 0 Å². The van der Waals surface area contributed by atoms with Gasteiger partial charge in [0, 0.05) is 25.3 Å². The number of hydrogen-bond donors (Lipinski definition) is 1. The summed E-state index contributed by atoms with van der Waals surface area (Å²) >= 11 is 4.67. The molecule has 3 fully saturated rings. The molecule has 1 saturated carbocycles. The van der Waals surface area contributed by atoms with Gasteiger partial charge < -0.3 is 9.64 Å². The van der Waals surface area contributed by atoms with E-state index in [9.17, 15) is 4.79 Å². The zero-order valence-corrected chi connectivity index (χ0v) is 12.6. The summed E-state index contributed by atoms with van der Waals surface area (Å²) < 4.78 is 5.39. The first kappa shape index (κ1) is 13.7. The predicted octanol–water partition coefficient (Wildman–Crippen LogP) is 2.50. The van der Waals surface area contributed by atoms with Crippen molar-refractivity contribution in [3.8, 4) is 0 Å². The molecule has 0 aromatic carbocycles. The van der Waals surface area contributed by atoms with E-state index in [4.69, 9.17) is 4.74 Å². The standard InChI is InChI=1S/C15H25NO2S/c1-10-9-12-3-2-4-13(12)16(10)15(17)14(19)11-5-7-18-8-6-11/h10-14,19H,2-9H2,1H3/t10-,12?,13?,14?/m1/s1. The van der Waals surface area contributed by atoms with Gasteiger partial charge in [0.15, 0.2) is 0 Å². The average Bonchev–Trinajstić information content (AvgIpc) is 2.98. The second kappa shape index (κ2) is 5.65. The molecule has 1 aliphatic carbocycles. The van der Waals surface area contributed by atoms with Crippen molar-refractivity contribution in [2.75, 3.05) is 13.2 Å². The quantitative estimate of drug-likeness (QED) is 0.789. The fourth-order valence-electron chi connectivity index (χ4n) is 4.30. The van der Waals surface area contributed by atoms with Gasteiger partial charge in [0.05, 0.1) is 5.25 Å². The maximum atomic E-state index is 12.8. The first-order chi connectivity index (χ1) is 9.18. The Balaban J connectivity index is 1.68. The van der Waals surface area contributed by atoms with Crippen LogP contribution in [0.3, 0.4) is 0 Å². The van der Waals surface area contributed by atoms with Gasteiger partial charge in [0.2, 0.25) is 5.91 Å². The molecule has 0 radical (unpaired) electrons. The molecule has 4 heteroatoms. The van der Waals surface area contributed by atoms with Crippen LogP contribution in [0.2, 0.25) is 0 Å². The molecule has 2 aliphatic heterocycles. The average molecular weight is 283 g/mol. The lowest BCUT2D eigenvalue weighted by Crippen LogP contribution is -2.46. The molecule has 108 valence electrons. The number of fused-ring (bicyclic) bond motifs is 1. The van der Waals surface area contributed by atoms with E-state index in [-0.39, 0.29) is 11.2 Å². The molecule has 4 atom stereocenters. The SMILES string of the molecule is C[C@@H]1CC2CCCC2N1C(=O)C(S)C1CCOCC1. The van der Waals surface area contributed by atoms with E-state index in [1.54, 1.807) is 0 Å². The molecule has 2 saturated heterocycles. The van der Waals surface area contributed by atoms with Crippen molar-refractivity contribution < 1.29 is 9.53 Å². The molecule has 0 bridgehead atoms. The van der Waals surface area contributed by atoms with E-state index in [1.807, 2.05) is 0 Å². The van der Waals surface area contributed by atoms with Gasteiger partial charge in [-0.05, 0) is 50.9 Å². The van der Waals surface area contributed by atoms with Gasteiger partial charge in [-0.1, -0.05) is 6.42 Å². The van der Waals surface area contributed by atoms with Gasteiger partial charge in [-0.3, -0.25) is 4.79 Å². The number of likely N-dealkylation sites (tertiary alicyclic amines) is 1. The summed E-state index contributed by atoms with van der Waals surface area (Å²) in [6.45, 7) is 3.79. The van der Waals surface area contributed by atoms with E-state index >= 15 is 0 Å². The third-order valence-electron chi connectivity index (χ3n) is 5.31. The summed E-state index contributed by atoms with van der Waals surface area (Å²) in [6, 6.07) is 0.925. The number of hydrogen-bond acceptors (Lipinski definition) is 3. The molecule has 3 aliphatic rings. The lowest BCUT2D eigenvalue weighted by atomic mass is 9.95. The Morgan fingerprint density at radius 1 is 1.26 bits per heavy atom. The van der Waals surface area contributed by atoms with Crippen molar-refractivity contribution >= 4 is 18.5 Å². The summed E-state index contributed by atoms with van der Waals surface area (Å²) in [6.07, 6.45) is 6.97. The van der Waals surface area contributed by atoms with Gasteiger partial charge >= 0.3 is 0 Å². The highest BCUT2D eigenvalue weighted by Gasteiger charge is 2.45. The van der Waals surface area contributed by atoms with Gasteiger partial charge in [-0.15, -0.1) is 0 Å². The largest absolute Gasteiger partial charge is 0.381 e. The third kappa shape index (κ3) is 2.54. The maximum absolute atomic E-state index is 12.8. The Hall–Kier alpha value is -0.220. The molecule has 3 rings (SSSR count). The normalized spacial score (nSPS) is 37.4. The van der Waals surface area contributed by atoms with Crippen LogP contribution in [0, 0.1) is 11.8 Å². The van der Waals surface area contributed by atoms with Crippen LogP contribution in [-0.4, -0.2) is 41.4 Å². The lowest BCUT2D eigenvalue weighted by molar-refractivity contribution is -0.134. The number of carbonyl (C=O) groups is 1. The van der Waals surface area contributed by atoms with Crippen molar-refractivity contribution in [3.63, 3.8) is 0 Å². The highest BCUT2D eigenvalue weighted by molar-refractivity contribution is 7.81. The minimum absolute atomic E-state index is 0.120. The fraction of sp³-hybridized carbons (Fsp3) is 0.933. The molecular weight excluding hydrogens is 258 g/mol. The number of nitrogens with zero attached hydrogens (tertiary/aromatic N) is 1. The molecule has 0 aromatic heterocycles. The molecule has 19 heavy (non-hydrogen) atoms. The summed E-state index contributed by atoms with van der Waals surface area (Å²) in [5.74, 6) is 1.45. The molecule has 1 amide bonds. The van der Waals surface area contributed by atoms with Crippen molar-refractivity contribution in [2.24, 2.45) is 11.8 Å². The summed E-state index contributed by atoms with van der Waals surface area (Å²) in [7, 11) is 0. The maximum Gasteiger partial charge on any atom is 0.236 e. The molecule has 3 nitrogen and oxygen atoms in total. The Morgan fingerprint density at radius 3 is 2.74 bits per heavy atom. The first-order valence-electron chi connectivity index (χ1n) is 7.76. The van der Waals surface area contributed by atoms with E-state index in [0.717, 1.165) is 32.0 Å². The Kier molecular flexibility index (Phi) is 4.08. The highest BCUT2D eigenvalue weighted by atomic mass is 32.1. The van der Waals surface area contributed by atoms with Crippen molar-refractivity contribution in [1.82, 2.24) is 4.90 Å². The molecule has 0 spiro atoms. The topological polar surface area (TPSA) is 29.5 Å². The molecule has 2 heterocycles. The number of amides is 1. The molecular formula is C15H25NO2S. The molecule has 3 unspecified atom stereocenters. The fourth-order valence-corrected chi connectivity index (χ4v) is 4.74. The zero-order chi connectivity index (χ0) is 13.4. The van der Waals surface area contributed by atoms with E-state index in [1.165, 1.54) is 25.7 Å². The monoisotopic (exact) mass is 283 g/mol. The summed E-state index contributed by atoms with van der Waals surface area (Å²) in [5, 5.41) is -0.120. The Bertz CT molecular complexity index is 343. The lowest BCUT2D eigenvalue weighted by Gasteiger charge is -2.34. The van der Waals surface area contributed by atoms with Crippen LogP contribution in [0.15, 0.2) is 0 Å². The summed E-state index contributed by atoms with van der Waals surface area (Å²) in [4.78, 5) is 15.0. The number of rotatable bonds is 2. The Labute approximate surface area is 121 Å². The van der Waals surface area contributed by atoms with Gasteiger partial charge in [0.25, 0.3) is 0 Å². The van der Waals surface area contributed by atoms with E-state index in [0.29, 0.717) is 18.0 Å². The van der Waals surface area contributed by atoms with Crippen LogP contribution >= 0.6 is 12.6 Å². The third-order valence-corrected chi connectivity index (χ3v) is 5.96. The zero-order valence-electron chi connectivity index (χ0n) is 11.8. The highest BCUT2D eigenvalue weighted by Crippen LogP contribution is 2.42. The number of thiol groups is 1. The van der Waals surface area contributed by atoms with Gasteiger partial charge in [-0.2, -0.15) is 12.6 Å². The predicted molar refractivity (Wildman–Crippen MR) is 78.4 cm³/mol. The van der Waals surface area contributed by atoms with Crippen molar-refractivity contribution in [1.29, 1.82) is 0 Å². The number of carbonyl (C=O) groups excluding carboxylic acids is 1. The smallest absolute Gasteiger partial charge is 0.236 e. The number of ether oxygens (including phenoxy) is 1. The minimum atomic E-state index is -0.120. The summed E-state index contributed by atoms with van der Waals surface area (Å²) in [5.41, 5.74) is 0. The molecule has 0 N–H and O–H groups in total. The van der Waals surface area contributed by atoms with E-state index in [2.05, 4.69) is 24.5 Å². The van der Waals surface area contributed by atoms with Crippen LogP contribution in [0.5, 0.6) is 0 Å². The van der Waals surface area contributed by atoms with Gasteiger partial charge in [-0.25, -0.2) is 0 Å². The van der Waals surface area contributed by atoms with Crippen LogP contribution in [0.4, 0.5) is 0 Å². The van der Waals surface area contributed by atoms with Crippen LogP contribution in [0.1, 0.15) is 45.4 Å². The Morgan fingerprint density at radius 2 is 2.00 bits per heavy atom. The second-order valence-corrected chi connectivity index (χ2v) is 7.04. The second-order valence-electron chi connectivity index (χ2n) is 6.48. The van der Waals surface area contributed by atoms with Crippen LogP contribution < -0.4 is 0 Å². The van der Waals surface area contributed by atoms with Crippen molar-refractivity contribution in [3.05, 3.63) is 0 Å². The van der Waals surface area contributed by atoms with Crippen LogP contribution in [0.25, 0.3) is 0 Å². The van der Waals surface area contributed by atoms with Crippen LogP contribution in [-0.2, 0) is 9.53 Å². The first-order valence-corrected chi connectivity index (χ1v) is 8.28. The minimum Gasteiger partial charge on any atom is -0.381 e. The molecule has 0 aromatic rings. The van der Waals surface area contributed by atoms with E-state index < -0.39 is 0 Å². The van der Waals surface area contributed by atoms with Crippen molar-refractivity contribution in [2.45, 2.75) is 62.8 Å².